The van der Waals surface area contributed by atoms with Crippen LogP contribution in [0.4, 0.5) is 0 Å². The molecule has 0 spiro atoms. The molecule has 0 unspecified atom stereocenters. The lowest BCUT2D eigenvalue weighted by atomic mass is 9.70. The third-order valence-electron chi connectivity index (χ3n) is 6.17. The Bertz CT molecular complexity index is 558. The summed E-state index contributed by atoms with van der Waals surface area (Å²) in [5.74, 6) is 0.725. The Morgan fingerprint density at radius 3 is 2.40 bits per heavy atom. The average Bonchev–Trinajstić information content (AvgIpc) is 2.74. The van der Waals surface area contributed by atoms with Gasteiger partial charge >= 0.3 is 0 Å². The minimum atomic E-state index is -0.223. The van der Waals surface area contributed by atoms with Crippen LogP contribution in [0.3, 0.4) is 0 Å². The standard InChI is InChI=1S/C18H22O2/c1-17(2)14-9-10-18(17,3)16(20)13(14)11-15(19)12-7-5-4-6-8-12/h4-8,13-14H,9-11H2,1-3H3/t13-,14-,18+/m1/s1. The predicted molar refractivity (Wildman–Crippen MR) is 78.5 cm³/mol. The third-order valence-corrected chi connectivity index (χ3v) is 6.17. The van der Waals surface area contributed by atoms with Gasteiger partial charge in [-0.3, -0.25) is 9.59 Å². The van der Waals surface area contributed by atoms with Crippen molar-refractivity contribution < 1.29 is 9.59 Å². The number of benzene rings is 1. The van der Waals surface area contributed by atoms with Crippen LogP contribution in [0.2, 0.25) is 0 Å². The molecule has 0 aromatic heterocycles. The zero-order valence-electron chi connectivity index (χ0n) is 12.5. The normalized spacial score (nSPS) is 34.5. The van der Waals surface area contributed by atoms with Crippen molar-refractivity contribution in [1.29, 1.82) is 0 Å². The molecular formula is C18H22O2. The Labute approximate surface area is 120 Å². The molecule has 0 amide bonds. The minimum absolute atomic E-state index is 0.0335. The van der Waals surface area contributed by atoms with Gasteiger partial charge in [-0.15, -0.1) is 0 Å². The number of Topliss-reactive ketones (excluding diaryl/α,β-unsaturated/α-hetero) is 2. The largest absolute Gasteiger partial charge is 0.299 e. The van der Waals surface area contributed by atoms with Crippen LogP contribution in [-0.4, -0.2) is 11.6 Å². The fraction of sp³-hybridized carbons (Fsp3) is 0.556. The number of fused-ring (bicyclic) bond motifs is 2. The van der Waals surface area contributed by atoms with Crippen molar-refractivity contribution in [3.8, 4) is 0 Å². The molecule has 0 aliphatic heterocycles. The van der Waals surface area contributed by atoms with Gasteiger partial charge in [-0.25, -0.2) is 0 Å². The molecule has 1 aromatic carbocycles. The Morgan fingerprint density at radius 1 is 1.20 bits per heavy atom. The predicted octanol–water partition coefficient (Wildman–Crippen LogP) is 3.90. The number of carbonyl (C=O) groups excluding carboxylic acids is 2. The van der Waals surface area contributed by atoms with Crippen LogP contribution in [0.5, 0.6) is 0 Å². The number of hydrogen-bond acceptors (Lipinski definition) is 2. The highest BCUT2D eigenvalue weighted by molar-refractivity contribution is 6.01. The number of ketones is 2. The van der Waals surface area contributed by atoms with E-state index in [0.717, 1.165) is 18.4 Å². The van der Waals surface area contributed by atoms with Gasteiger partial charge < -0.3 is 0 Å². The molecule has 2 aliphatic rings. The fourth-order valence-corrected chi connectivity index (χ4v) is 4.45. The van der Waals surface area contributed by atoms with E-state index in [9.17, 15) is 9.59 Å². The molecule has 3 atom stereocenters. The molecule has 0 saturated heterocycles. The average molecular weight is 270 g/mol. The lowest BCUT2D eigenvalue weighted by Gasteiger charge is -2.32. The van der Waals surface area contributed by atoms with E-state index in [1.54, 1.807) is 0 Å². The van der Waals surface area contributed by atoms with Gasteiger partial charge in [-0.1, -0.05) is 51.1 Å². The van der Waals surface area contributed by atoms with Crippen LogP contribution in [-0.2, 0) is 4.79 Å². The van der Waals surface area contributed by atoms with Crippen molar-refractivity contribution in [3.63, 3.8) is 0 Å². The summed E-state index contributed by atoms with van der Waals surface area (Å²) >= 11 is 0. The molecule has 20 heavy (non-hydrogen) atoms. The van der Waals surface area contributed by atoms with Crippen molar-refractivity contribution in [2.24, 2.45) is 22.7 Å². The fourth-order valence-electron chi connectivity index (χ4n) is 4.45. The number of rotatable bonds is 3. The van der Waals surface area contributed by atoms with Crippen LogP contribution < -0.4 is 0 Å². The highest BCUT2D eigenvalue weighted by Crippen LogP contribution is 2.66. The van der Waals surface area contributed by atoms with Crippen LogP contribution >= 0.6 is 0 Å². The first kappa shape index (κ1) is 13.5. The van der Waals surface area contributed by atoms with E-state index >= 15 is 0 Å². The van der Waals surface area contributed by atoms with Gasteiger partial charge in [0.15, 0.2) is 5.78 Å². The first-order valence-electron chi connectivity index (χ1n) is 7.50. The lowest BCUT2D eigenvalue weighted by Crippen LogP contribution is -2.33. The molecule has 1 aromatic rings. The molecule has 0 heterocycles. The summed E-state index contributed by atoms with van der Waals surface area (Å²) in [5, 5.41) is 0. The van der Waals surface area contributed by atoms with Gasteiger partial charge in [-0.05, 0) is 24.2 Å². The van der Waals surface area contributed by atoms with Crippen molar-refractivity contribution in [3.05, 3.63) is 35.9 Å². The smallest absolute Gasteiger partial charge is 0.163 e. The van der Waals surface area contributed by atoms with Crippen molar-refractivity contribution in [1.82, 2.24) is 0 Å². The second-order valence-corrected chi connectivity index (χ2v) is 7.16. The van der Waals surface area contributed by atoms with Crippen LogP contribution in [0.1, 0.15) is 50.4 Å². The first-order chi connectivity index (χ1) is 9.38. The Balaban J connectivity index is 1.84. The van der Waals surface area contributed by atoms with Gasteiger partial charge in [0.1, 0.15) is 5.78 Å². The Hall–Kier alpha value is -1.44. The van der Waals surface area contributed by atoms with E-state index in [0.29, 0.717) is 18.1 Å². The van der Waals surface area contributed by atoms with Gasteiger partial charge in [0.25, 0.3) is 0 Å². The maximum Gasteiger partial charge on any atom is 0.163 e. The Morgan fingerprint density at radius 2 is 1.85 bits per heavy atom. The second kappa shape index (κ2) is 4.28. The maximum atomic E-state index is 12.7. The van der Waals surface area contributed by atoms with Gasteiger partial charge in [0.2, 0.25) is 0 Å². The minimum Gasteiger partial charge on any atom is -0.299 e. The SMILES string of the molecule is CC1(C)[C@@H]2CC[C@@]1(C)C(=O)[C@@H]2CC(=O)c1ccccc1. The maximum absolute atomic E-state index is 12.7. The molecule has 0 N–H and O–H groups in total. The topological polar surface area (TPSA) is 34.1 Å². The monoisotopic (exact) mass is 270 g/mol. The quantitative estimate of drug-likeness (QED) is 0.781. The van der Waals surface area contributed by atoms with E-state index < -0.39 is 0 Å². The molecule has 2 fully saturated rings. The van der Waals surface area contributed by atoms with E-state index in [-0.39, 0.29) is 22.5 Å². The number of carbonyl (C=O) groups is 2. The van der Waals surface area contributed by atoms with Gasteiger partial charge in [0, 0.05) is 23.3 Å². The van der Waals surface area contributed by atoms with Crippen molar-refractivity contribution >= 4 is 11.6 Å². The first-order valence-corrected chi connectivity index (χ1v) is 7.50. The van der Waals surface area contributed by atoms with Gasteiger partial charge in [0.05, 0.1) is 0 Å². The molecule has 106 valence electrons. The van der Waals surface area contributed by atoms with E-state index in [1.165, 1.54) is 0 Å². The zero-order valence-corrected chi connectivity index (χ0v) is 12.5. The van der Waals surface area contributed by atoms with Crippen LogP contribution in [0.15, 0.2) is 30.3 Å². The Kier molecular flexibility index (Phi) is 2.89. The summed E-state index contributed by atoms with van der Waals surface area (Å²) in [6, 6.07) is 9.34. The van der Waals surface area contributed by atoms with E-state index in [2.05, 4.69) is 20.8 Å². The molecule has 0 radical (unpaired) electrons. The van der Waals surface area contributed by atoms with Crippen LogP contribution in [0, 0.1) is 22.7 Å². The lowest BCUT2D eigenvalue weighted by molar-refractivity contribution is -0.131. The molecule has 2 nitrogen and oxygen atoms in total. The molecule has 2 heteroatoms. The van der Waals surface area contributed by atoms with E-state index in [1.807, 2.05) is 30.3 Å². The summed E-state index contributed by atoms with van der Waals surface area (Å²) < 4.78 is 0. The summed E-state index contributed by atoms with van der Waals surface area (Å²) in [6.07, 6.45) is 2.45. The summed E-state index contributed by atoms with van der Waals surface area (Å²) in [5.41, 5.74) is 0.538. The summed E-state index contributed by atoms with van der Waals surface area (Å²) in [6.45, 7) is 6.51. The molecule has 2 bridgehead atoms. The third kappa shape index (κ3) is 1.63. The van der Waals surface area contributed by atoms with Gasteiger partial charge in [-0.2, -0.15) is 0 Å². The molecule has 2 aliphatic carbocycles. The van der Waals surface area contributed by atoms with Crippen LogP contribution in [0.25, 0.3) is 0 Å². The highest BCUT2D eigenvalue weighted by atomic mass is 16.1. The van der Waals surface area contributed by atoms with Crippen molar-refractivity contribution in [2.45, 2.75) is 40.0 Å². The summed E-state index contributed by atoms with van der Waals surface area (Å²) in [7, 11) is 0. The summed E-state index contributed by atoms with van der Waals surface area (Å²) in [4.78, 5) is 25.1. The van der Waals surface area contributed by atoms with E-state index in [4.69, 9.17) is 0 Å². The molecule has 3 rings (SSSR count). The second-order valence-electron chi connectivity index (χ2n) is 7.16. The van der Waals surface area contributed by atoms with Crippen molar-refractivity contribution in [2.75, 3.05) is 0 Å². The highest BCUT2D eigenvalue weighted by Gasteiger charge is 2.65. The number of hydrogen-bond donors (Lipinski definition) is 0. The zero-order chi connectivity index (χ0) is 14.5. The molecular weight excluding hydrogens is 248 g/mol. The molecule has 2 saturated carbocycles.